The van der Waals surface area contributed by atoms with Crippen molar-refractivity contribution in [2.24, 2.45) is 0 Å². The fourth-order valence-electron chi connectivity index (χ4n) is 10.7. The molecule has 11 rings (SSSR count). The average Bonchev–Trinajstić information content (AvgIpc) is 3.59. The maximum absolute atomic E-state index is 6.88. The van der Waals surface area contributed by atoms with Gasteiger partial charge in [-0.1, -0.05) is 199 Å². The molecule has 2 aliphatic rings. The zero-order valence-corrected chi connectivity index (χ0v) is 37.6. The van der Waals surface area contributed by atoms with E-state index in [1.165, 1.54) is 60.8 Å². The van der Waals surface area contributed by atoms with Crippen molar-refractivity contribution in [1.29, 1.82) is 0 Å². The Labute approximate surface area is 378 Å². The normalized spacial score (nSPS) is 14.0. The number of ether oxygens (including phenoxy) is 1. The van der Waals surface area contributed by atoms with E-state index < -0.39 is 5.41 Å². The number of para-hydroxylation sites is 3. The van der Waals surface area contributed by atoms with Crippen molar-refractivity contribution in [3.8, 4) is 22.6 Å². The lowest BCUT2D eigenvalue weighted by Gasteiger charge is -2.40. The minimum absolute atomic E-state index is 0.0169. The predicted octanol–water partition coefficient (Wildman–Crippen LogP) is 16.6. The molecule has 0 fully saturated rings. The summed E-state index contributed by atoms with van der Waals surface area (Å²) in [6.45, 7) is 13.7. The van der Waals surface area contributed by atoms with Gasteiger partial charge < -0.3 is 9.64 Å². The third-order valence-corrected chi connectivity index (χ3v) is 13.8. The van der Waals surface area contributed by atoms with Crippen LogP contribution in [0.5, 0.6) is 11.5 Å². The number of nitrogens with zero attached hydrogens (tertiary/aromatic N) is 1. The van der Waals surface area contributed by atoms with E-state index >= 15 is 0 Å². The Morgan fingerprint density at radius 2 is 0.891 bits per heavy atom. The molecule has 64 heavy (non-hydrogen) atoms. The van der Waals surface area contributed by atoms with Gasteiger partial charge in [0.25, 0.3) is 0 Å². The van der Waals surface area contributed by atoms with E-state index in [0.717, 1.165) is 39.7 Å². The van der Waals surface area contributed by atoms with Crippen molar-refractivity contribution in [1.82, 2.24) is 0 Å². The Morgan fingerprint density at radius 3 is 1.50 bits per heavy atom. The number of rotatable bonds is 6. The van der Waals surface area contributed by atoms with Crippen LogP contribution in [0.3, 0.4) is 0 Å². The standard InChI is InChI=1S/C62H53NO/c1-60(2,3)43-31-29-42(30-32-43)58(41-19-9-7-10-20-41)51-40-55-59(49-24-14-13-23-48(49)51)50-38-37-47(63(45-21-11-8-12-22-45)46-35-33-44(34-36-46)61(4,5)6)39-54(50)62(55)52-25-15-17-27-56(52)64-57-28-18-16-26-53(57)62/h7-40,58H,1-6H3. The highest BCUT2D eigenvalue weighted by atomic mass is 16.5. The molecular weight excluding hydrogens is 775 g/mol. The van der Waals surface area contributed by atoms with Gasteiger partial charge >= 0.3 is 0 Å². The minimum atomic E-state index is -0.694. The summed E-state index contributed by atoms with van der Waals surface area (Å²) in [6, 6.07) is 76.7. The van der Waals surface area contributed by atoms with Gasteiger partial charge in [0.15, 0.2) is 0 Å². The molecule has 1 spiro atoms. The fourth-order valence-corrected chi connectivity index (χ4v) is 10.7. The predicted molar refractivity (Wildman–Crippen MR) is 267 cm³/mol. The monoisotopic (exact) mass is 827 g/mol. The van der Waals surface area contributed by atoms with Crippen LogP contribution in [0.1, 0.15) is 97.5 Å². The van der Waals surface area contributed by atoms with Crippen LogP contribution in [-0.2, 0) is 16.2 Å². The first-order valence-electron chi connectivity index (χ1n) is 22.7. The molecule has 0 amide bonds. The molecule has 1 unspecified atom stereocenters. The van der Waals surface area contributed by atoms with E-state index in [1.54, 1.807) is 0 Å². The molecule has 0 saturated carbocycles. The number of hydrogen-bond donors (Lipinski definition) is 0. The molecule has 1 aliphatic heterocycles. The molecular formula is C62H53NO. The highest BCUT2D eigenvalue weighted by molar-refractivity contribution is 6.07. The maximum atomic E-state index is 6.88. The maximum Gasteiger partial charge on any atom is 0.132 e. The molecule has 312 valence electrons. The largest absolute Gasteiger partial charge is 0.457 e. The summed E-state index contributed by atoms with van der Waals surface area (Å²) in [5.41, 5.74) is 16.6. The van der Waals surface area contributed by atoms with Crippen molar-refractivity contribution in [2.45, 2.75) is 63.7 Å². The molecule has 0 bridgehead atoms. The van der Waals surface area contributed by atoms with Gasteiger partial charge in [-0.15, -0.1) is 0 Å². The van der Waals surface area contributed by atoms with E-state index in [4.69, 9.17) is 4.74 Å². The van der Waals surface area contributed by atoms with Gasteiger partial charge in [0.1, 0.15) is 11.5 Å². The van der Waals surface area contributed by atoms with Crippen LogP contribution in [0.4, 0.5) is 17.1 Å². The average molecular weight is 828 g/mol. The molecule has 1 atom stereocenters. The van der Waals surface area contributed by atoms with Crippen LogP contribution in [0.25, 0.3) is 21.9 Å². The van der Waals surface area contributed by atoms with Crippen LogP contribution >= 0.6 is 0 Å². The van der Waals surface area contributed by atoms with Gasteiger partial charge in [-0.2, -0.15) is 0 Å². The van der Waals surface area contributed by atoms with E-state index in [0.29, 0.717) is 0 Å². The quantitative estimate of drug-likeness (QED) is 0.155. The summed E-state index contributed by atoms with van der Waals surface area (Å²) >= 11 is 0. The summed E-state index contributed by atoms with van der Waals surface area (Å²) < 4.78 is 6.88. The van der Waals surface area contributed by atoms with E-state index in [2.05, 4.69) is 253 Å². The Bertz CT molecular complexity index is 3140. The van der Waals surface area contributed by atoms with Gasteiger partial charge in [-0.25, -0.2) is 0 Å². The Balaban J connectivity index is 1.23. The van der Waals surface area contributed by atoms with Crippen LogP contribution < -0.4 is 9.64 Å². The number of fused-ring (bicyclic) bond motifs is 11. The number of anilines is 3. The SMILES string of the molecule is CC(C)(C)c1ccc(C(c2ccccc2)c2cc3c(c4ccccc24)-c2ccc(N(c4ccccc4)c4ccc(C(C)(C)C)cc4)cc2C32c3ccccc3Oc3ccccc32)cc1. The van der Waals surface area contributed by atoms with E-state index in [1.807, 2.05) is 0 Å². The summed E-state index contributed by atoms with van der Waals surface area (Å²) in [5, 5.41) is 2.52. The van der Waals surface area contributed by atoms with Gasteiger partial charge in [-0.05, 0) is 120 Å². The zero-order chi connectivity index (χ0) is 43.8. The highest BCUT2D eigenvalue weighted by Gasteiger charge is 2.52. The van der Waals surface area contributed by atoms with E-state index in [9.17, 15) is 0 Å². The first kappa shape index (κ1) is 39.7. The topological polar surface area (TPSA) is 12.5 Å². The minimum Gasteiger partial charge on any atom is -0.457 e. The summed E-state index contributed by atoms with van der Waals surface area (Å²) in [6.07, 6.45) is 0. The molecule has 0 radical (unpaired) electrons. The Morgan fingerprint density at radius 1 is 0.406 bits per heavy atom. The number of benzene rings is 9. The van der Waals surface area contributed by atoms with Gasteiger partial charge in [0, 0.05) is 34.1 Å². The number of hydrogen-bond acceptors (Lipinski definition) is 2. The van der Waals surface area contributed by atoms with Crippen molar-refractivity contribution in [3.05, 3.63) is 256 Å². The molecule has 0 N–H and O–H groups in total. The zero-order valence-electron chi connectivity index (χ0n) is 37.6. The smallest absolute Gasteiger partial charge is 0.132 e. The third-order valence-electron chi connectivity index (χ3n) is 13.8. The molecule has 0 aromatic heterocycles. The molecule has 9 aromatic rings. The highest BCUT2D eigenvalue weighted by Crippen LogP contribution is 2.64. The molecule has 2 nitrogen and oxygen atoms in total. The van der Waals surface area contributed by atoms with Crippen molar-refractivity contribution < 1.29 is 4.74 Å². The summed E-state index contributed by atoms with van der Waals surface area (Å²) in [7, 11) is 0. The van der Waals surface area contributed by atoms with Crippen molar-refractivity contribution >= 4 is 27.8 Å². The lowest BCUT2D eigenvalue weighted by Crippen LogP contribution is -2.32. The van der Waals surface area contributed by atoms with Crippen LogP contribution in [0.15, 0.2) is 206 Å². The first-order valence-corrected chi connectivity index (χ1v) is 22.7. The van der Waals surface area contributed by atoms with Gasteiger partial charge in [-0.3, -0.25) is 0 Å². The Kier molecular flexibility index (Phi) is 9.29. The summed E-state index contributed by atoms with van der Waals surface area (Å²) in [5.74, 6) is 1.75. The third kappa shape index (κ3) is 6.30. The lowest BCUT2D eigenvalue weighted by atomic mass is 9.65. The summed E-state index contributed by atoms with van der Waals surface area (Å²) in [4.78, 5) is 2.41. The van der Waals surface area contributed by atoms with Crippen LogP contribution in [0, 0.1) is 0 Å². The molecule has 1 heterocycles. The van der Waals surface area contributed by atoms with Crippen LogP contribution in [0.2, 0.25) is 0 Å². The molecule has 0 saturated heterocycles. The van der Waals surface area contributed by atoms with Crippen LogP contribution in [-0.4, -0.2) is 0 Å². The van der Waals surface area contributed by atoms with Crippen molar-refractivity contribution in [2.75, 3.05) is 4.90 Å². The second-order valence-electron chi connectivity index (χ2n) is 19.7. The fraction of sp³-hybridized carbons (Fsp3) is 0.161. The first-order chi connectivity index (χ1) is 31.0. The van der Waals surface area contributed by atoms with Gasteiger partial charge in [0.2, 0.25) is 0 Å². The molecule has 9 aromatic carbocycles. The van der Waals surface area contributed by atoms with Gasteiger partial charge in [0.05, 0.1) is 5.41 Å². The second kappa shape index (κ2) is 15.0. The second-order valence-corrected chi connectivity index (χ2v) is 19.7. The Hall–Kier alpha value is -7.16. The molecule has 2 heteroatoms. The lowest BCUT2D eigenvalue weighted by molar-refractivity contribution is 0.436. The molecule has 1 aliphatic carbocycles. The van der Waals surface area contributed by atoms with Crippen molar-refractivity contribution in [3.63, 3.8) is 0 Å². The van der Waals surface area contributed by atoms with E-state index in [-0.39, 0.29) is 16.7 Å².